The Morgan fingerprint density at radius 2 is 1.95 bits per heavy atom. The number of nitrogens with one attached hydrogen (secondary N) is 1. The third-order valence-corrected chi connectivity index (χ3v) is 3.59. The van der Waals surface area contributed by atoms with Gasteiger partial charge < -0.3 is 5.32 Å². The predicted octanol–water partition coefficient (Wildman–Crippen LogP) is 5.28. The first-order valence-corrected chi connectivity index (χ1v) is 7.13. The molecule has 0 radical (unpaired) electrons. The molecule has 0 atom stereocenters. The van der Waals surface area contributed by atoms with Crippen molar-refractivity contribution in [3.8, 4) is 0 Å². The topological polar surface area (TPSA) is 55.2 Å². The van der Waals surface area contributed by atoms with Gasteiger partial charge in [-0.2, -0.15) is 0 Å². The molecule has 0 spiro atoms. The molecule has 4 nitrogen and oxygen atoms in total. The van der Waals surface area contributed by atoms with Crippen LogP contribution in [0.5, 0.6) is 0 Å². The predicted molar refractivity (Wildman–Crippen MR) is 84.6 cm³/mol. The minimum Gasteiger partial charge on any atom is -0.380 e. The average molecular weight is 376 g/mol. The Hall–Kier alpha value is -1.30. The Balaban J connectivity index is 2.18. The number of nitro groups is 1. The number of benzene rings is 2. The summed E-state index contributed by atoms with van der Waals surface area (Å²) in [7, 11) is 0. The number of hydrogen-bond acceptors (Lipinski definition) is 3. The van der Waals surface area contributed by atoms with Gasteiger partial charge >= 0.3 is 0 Å². The first kappa shape index (κ1) is 15.1. The smallest absolute Gasteiger partial charge is 0.270 e. The van der Waals surface area contributed by atoms with Gasteiger partial charge in [-0.1, -0.05) is 39.1 Å². The fourth-order valence-electron chi connectivity index (χ4n) is 1.67. The van der Waals surface area contributed by atoms with Crippen molar-refractivity contribution in [2.45, 2.75) is 6.54 Å². The van der Waals surface area contributed by atoms with Crippen LogP contribution in [0.4, 0.5) is 11.4 Å². The van der Waals surface area contributed by atoms with E-state index in [0.717, 1.165) is 5.56 Å². The quantitative estimate of drug-likeness (QED) is 0.584. The van der Waals surface area contributed by atoms with Crippen molar-refractivity contribution in [1.82, 2.24) is 0 Å². The van der Waals surface area contributed by atoms with E-state index in [1.165, 1.54) is 12.1 Å². The zero-order chi connectivity index (χ0) is 14.7. The number of nitrogens with zero attached hydrogens (tertiary/aromatic N) is 1. The van der Waals surface area contributed by atoms with Gasteiger partial charge in [-0.3, -0.25) is 10.1 Å². The van der Waals surface area contributed by atoms with Crippen molar-refractivity contribution >= 4 is 50.5 Å². The van der Waals surface area contributed by atoms with Crippen LogP contribution in [0, 0.1) is 10.1 Å². The van der Waals surface area contributed by atoms with Gasteiger partial charge in [0, 0.05) is 28.2 Å². The molecule has 1 N–H and O–H groups in total. The molecule has 0 bridgehead atoms. The molecule has 0 saturated carbocycles. The second-order valence-corrected chi connectivity index (χ2v) is 5.81. The third kappa shape index (κ3) is 3.85. The number of hydrogen-bond donors (Lipinski definition) is 1. The molecule has 0 amide bonds. The highest BCUT2D eigenvalue weighted by atomic mass is 79.9. The van der Waals surface area contributed by atoms with E-state index in [1.807, 2.05) is 0 Å². The lowest BCUT2D eigenvalue weighted by atomic mass is 10.2. The number of anilines is 1. The minimum atomic E-state index is -0.430. The van der Waals surface area contributed by atoms with Crippen molar-refractivity contribution in [3.63, 3.8) is 0 Å². The molecule has 0 heterocycles. The molecule has 2 aromatic carbocycles. The summed E-state index contributed by atoms with van der Waals surface area (Å²) >= 11 is 15.2. The van der Waals surface area contributed by atoms with Gasteiger partial charge in [0.05, 0.1) is 15.6 Å². The normalized spacial score (nSPS) is 10.3. The first-order chi connectivity index (χ1) is 9.45. The van der Waals surface area contributed by atoms with Crippen LogP contribution < -0.4 is 5.32 Å². The molecule has 0 fully saturated rings. The number of non-ortho nitro benzene ring substituents is 1. The molecule has 0 aliphatic rings. The van der Waals surface area contributed by atoms with Gasteiger partial charge in [0.1, 0.15) is 0 Å². The van der Waals surface area contributed by atoms with Crippen LogP contribution in [0.3, 0.4) is 0 Å². The maximum atomic E-state index is 10.8. The minimum absolute atomic E-state index is 0.0355. The van der Waals surface area contributed by atoms with Crippen molar-refractivity contribution in [1.29, 1.82) is 0 Å². The third-order valence-electron chi connectivity index (χ3n) is 2.56. The van der Waals surface area contributed by atoms with E-state index >= 15 is 0 Å². The van der Waals surface area contributed by atoms with E-state index in [2.05, 4.69) is 21.2 Å². The maximum Gasteiger partial charge on any atom is 0.270 e. The van der Waals surface area contributed by atoms with Gasteiger partial charge in [0.15, 0.2) is 0 Å². The molecular weight excluding hydrogens is 367 g/mol. The Bertz CT molecular complexity index is 665. The number of halogens is 3. The average Bonchev–Trinajstić information content (AvgIpc) is 2.39. The van der Waals surface area contributed by atoms with E-state index in [1.54, 1.807) is 24.3 Å². The van der Waals surface area contributed by atoms with Crippen LogP contribution in [-0.4, -0.2) is 4.92 Å². The van der Waals surface area contributed by atoms with Crippen LogP contribution in [0.25, 0.3) is 0 Å². The molecule has 20 heavy (non-hydrogen) atoms. The molecule has 7 heteroatoms. The highest BCUT2D eigenvalue weighted by molar-refractivity contribution is 9.10. The lowest BCUT2D eigenvalue weighted by molar-refractivity contribution is -0.385. The molecule has 2 rings (SSSR count). The molecular formula is C13H9BrCl2N2O2. The molecule has 2 aromatic rings. The molecule has 0 aliphatic carbocycles. The van der Waals surface area contributed by atoms with E-state index in [4.69, 9.17) is 23.2 Å². The molecule has 0 aliphatic heterocycles. The van der Waals surface area contributed by atoms with E-state index in [0.29, 0.717) is 26.8 Å². The SMILES string of the molecule is O=[N+]([O-])c1cc(Br)cc(CNc2cc(Cl)ccc2Cl)c1. The van der Waals surface area contributed by atoms with Crippen molar-refractivity contribution in [3.05, 3.63) is 66.6 Å². The maximum absolute atomic E-state index is 10.8. The monoisotopic (exact) mass is 374 g/mol. The Morgan fingerprint density at radius 3 is 2.65 bits per heavy atom. The zero-order valence-corrected chi connectivity index (χ0v) is 13.2. The van der Waals surface area contributed by atoms with Crippen LogP contribution >= 0.6 is 39.1 Å². The van der Waals surface area contributed by atoms with Gasteiger partial charge in [-0.15, -0.1) is 0 Å². The summed E-state index contributed by atoms with van der Waals surface area (Å²) in [6, 6.07) is 9.86. The summed E-state index contributed by atoms with van der Waals surface area (Å²) in [4.78, 5) is 10.4. The summed E-state index contributed by atoms with van der Waals surface area (Å²) < 4.78 is 0.653. The van der Waals surface area contributed by atoms with Crippen LogP contribution in [0.15, 0.2) is 40.9 Å². The van der Waals surface area contributed by atoms with Crippen molar-refractivity contribution < 1.29 is 4.92 Å². The Kier molecular flexibility index (Phi) is 4.86. The van der Waals surface area contributed by atoms with Crippen molar-refractivity contribution in [2.24, 2.45) is 0 Å². The first-order valence-electron chi connectivity index (χ1n) is 5.58. The van der Waals surface area contributed by atoms with Crippen molar-refractivity contribution in [2.75, 3.05) is 5.32 Å². The summed E-state index contributed by atoms with van der Waals surface area (Å²) in [5, 5.41) is 15.0. The molecule has 104 valence electrons. The highest BCUT2D eigenvalue weighted by Gasteiger charge is 2.09. The standard InChI is InChI=1S/C13H9BrCl2N2O2/c14-9-3-8(4-11(5-9)18(19)20)7-17-13-6-10(15)1-2-12(13)16/h1-6,17H,7H2. The Labute approximate surface area is 134 Å². The van der Waals surface area contributed by atoms with E-state index in [-0.39, 0.29) is 5.69 Å². The summed E-state index contributed by atoms with van der Waals surface area (Å²) in [6.07, 6.45) is 0. The van der Waals surface area contributed by atoms with Gasteiger partial charge in [-0.25, -0.2) is 0 Å². The summed E-state index contributed by atoms with van der Waals surface area (Å²) in [5.41, 5.74) is 1.48. The second-order valence-electron chi connectivity index (χ2n) is 4.05. The van der Waals surface area contributed by atoms with Crippen LogP contribution in [-0.2, 0) is 6.54 Å². The second kappa shape index (κ2) is 6.43. The van der Waals surface area contributed by atoms with E-state index < -0.39 is 4.92 Å². The Morgan fingerprint density at radius 1 is 1.20 bits per heavy atom. The van der Waals surface area contributed by atoms with E-state index in [9.17, 15) is 10.1 Å². The zero-order valence-electron chi connectivity index (χ0n) is 10.1. The molecule has 0 aromatic heterocycles. The van der Waals surface area contributed by atoms with Crippen LogP contribution in [0.1, 0.15) is 5.56 Å². The number of nitro benzene ring substituents is 1. The fraction of sp³-hybridized carbons (Fsp3) is 0.0769. The summed E-state index contributed by atoms with van der Waals surface area (Å²) in [5.74, 6) is 0. The summed E-state index contributed by atoms with van der Waals surface area (Å²) in [6.45, 7) is 0.403. The fourth-order valence-corrected chi connectivity index (χ4v) is 2.56. The highest BCUT2D eigenvalue weighted by Crippen LogP contribution is 2.27. The van der Waals surface area contributed by atoms with Gasteiger partial charge in [0.2, 0.25) is 0 Å². The molecule has 0 saturated heterocycles. The van der Waals surface area contributed by atoms with Gasteiger partial charge in [-0.05, 0) is 29.8 Å². The molecule has 0 unspecified atom stereocenters. The van der Waals surface area contributed by atoms with Crippen LogP contribution in [0.2, 0.25) is 10.0 Å². The lowest BCUT2D eigenvalue weighted by Gasteiger charge is -2.09. The number of rotatable bonds is 4. The lowest BCUT2D eigenvalue weighted by Crippen LogP contribution is -2.01. The van der Waals surface area contributed by atoms with Gasteiger partial charge in [0.25, 0.3) is 5.69 Å². The largest absolute Gasteiger partial charge is 0.380 e.